The summed E-state index contributed by atoms with van der Waals surface area (Å²) in [5, 5.41) is 2.32. The fourth-order valence-corrected chi connectivity index (χ4v) is 4.59. The molecule has 0 saturated carbocycles. The van der Waals surface area contributed by atoms with Crippen LogP contribution in [0.3, 0.4) is 0 Å². The number of aryl methyl sites for hydroxylation is 1. The number of aromatic nitrogens is 2. The van der Waals surface area contributed by atoms with Gasteiger partial charge in [0.25, 0.3) is 0 Å². The number of urea groups is 1. The number of carbonyl (C=O) groups excluding carboxylic acids is 1. The Bertz CT molecular complexity index is 1410. The molecular weight excluding hydrogens is 516 g/mol. The first-order chi connectivity index (χ1) is 18.0. The van der Waals surface area contributed by atoms with Crippen LogP contribution in [0.4, 0.5) is 42.5 Å². The van der Waals surface area contributed by atoms with Crippen LogP contribution in [0.15, 0.2) is 48.4 Å². The minimum Gasteiger partial charge on any atom is -0.378 e. The first-order valence-electron chi connectivity index (χ1n) is 11.8. The summed E-state index contributed by atoms with van der Waals surface area (Å²) in [5.74, 6) is -5.83. The van der Waals surface area contributed by atoms with Gasteiger partial charge in [0, 0.05) is 55.9 Å². The summed E-state index contributed by atoms with van der Waals surface area (Å²) in [6.07, 6.45) is 0.136. The average molecular weight is 539 g/mol. The standard InChI is InChI=1S/C25H23F6N5O2/c1-15-10-19(26)20(33-23(37)36-4-2-17(14-36)24(27,28)25(29,30)31)12-18(15)16-11-21(34-6-8-38-9-7-34)22-32-3-5-35(22)13-16/h2-3,5,10-13H,4,6-9,14H2,1H3,(H,33,37). The van der Waals surface area contributed by atoms with Crippen molar-refractivity contribution in [2.45, 2.75) is 19.0 Å². The van der Waals surface area contributed by atoms with Crippen LogP contribution in [0, 0.1) is 12.7 Å². The number of morpholine rings is 1. The van der Waals surface area contributed by atoms with Crippen LogP contribution in [-0.2, 0) is 4.74 Å². The molecule has 0 atom stereocenters. The van der Waals surface area contributed by atoms with Gasteiger partial charge in [-0.25, -0.2) is 14.2 Å². The van der Waals surface area contributed by atoms with Crippen molar-refractivity contribution in [3.8, 4) is 11.1 Å². The zero-order valence-corrected chi connectivity index (χ0v) is 20.2. The molecule has 1 fully saturated rings. The third kappa shape index (κ3) is 4.66. The second-order valence-corrected chi connectivity index (χ2v) is 9.13. The normalized spacial score (nSPS) is 16.8. The van der Waals surface area contributed by atoms with Gasteiger partial charge in [-0.15, -0.1) is 0 Å². The van der Waals surface area contributed by atoms with Crippen molar-refractivity contribution in [3.63, 3.8) is 0 Å². The predicted octanol–water partition coefficient (Wildman–Crippen LogP) is 5.26. The molecule has 0 spiro atoms. The summed E-state index contributed by atoms with van der Waals surface area (Å²) in [7, 11) is 0. The summed E-state index contributed by atoms with van der Waals surface area (Å²) in [4.78, 5) is 20.0. The molecule has 1 N–H and O–H groups in total. The van der Waals surface area contributed by atoms with E-state index >= 15 is 0 Å². The summed E-state index contributed by atoms with van der Waals surface area (Å²) >= 11 is 0. The number of alkyl halides is 5. The third-order valence-corrected chi connectivity index (χ3v) is 6.65. The van der Waals surface area contributed by atoms with Crippen molar-refractivity contribution in [2.75, 3.05) is 49.6 Å². The second kappa shape index (κ2) is 9.53. The lowest BCUT2D eigenvalue weighted by Gasteiger charge is -2.29. The fraction of sp³-hybridized carbons (Fsp3) is 0.360. The molecule has 2 aliphatic rings. The summed E-state index contributed by atoms with van der Waals surface area (Å²) in [6.45, 7) is 2.75. The lowest BCUT2D eigenvalue weighted by atomic mass is 10.00. The SMILES string of the molecule is Cc1cc(F)c(NC(=O)N2CC=C(C(F)(F)C(F)(F)F)C2)cc1-c1cc(N2CCOCC2)c2nccn2c1. The molecule has 1 aromatic carbocycles. The molecule has 13 heteroatoms. The number of halogens is 6. The molecule has 202 valence electrons. The van der Waals surface area contributed by atoms with Crippen molar-refractivity contribution in [1.29, 1.82) is 0 Å². The van der Waals surface area contributed by atoms with Crippen LogP contribution in [0.2, 0.25) is 0 Å². The lowest BCUT2D eigenvalue weighted by molar-refractivity contribution is -0.264. The molecule has 0 aliphatic carbocycles. The Hall–Kier alpha value is -3.74. The number of benzene rings is 1. The number of amides is 2. The van der Waals surface area contributed by atoms with Gasteiger partial charge in [-0.2, -0.15) is 22.0 Å². The second-order valence-electron chi connectivity index (χ2n) is 9.13. The summed E-state index contributed by atoms with van der Waals surface area (Å²) in [6, 6.07) is 3.55. The van der Waals surface area contributed by atoms with Crippen LogP contribution in [0.25, 0.3) is 16.8 Å². The van der Waals surface area contributed by atoms with E-state index in [4.69, 9.17) is 4.74 Å². The maximum absolute atomic E-state index is 14.8. The van der Waals surface area contributed by atoms with Crippen molar-refractivity contribution < 1.29 is 35.9 Å². The zero-order valence-electron chi connectivity index (χ0n) is 20.2. The molecule has 0 unspecified atom stereocenters. The van der Waals surface area contributed by atoms with Crippen molar-refractivity contribution in [2.24, 2.45) is 0 Å². The van der Waals surface area contributed by atoms with Crippen LogP contribution in [0.5, 0.6) is 0 Å². The zero-order chi connectivity index (χ0) is 27.2. The van der Waals surface area contributed by atoms with Gasteiger partial charge in [-0.1, -0.05) is 6.08 Å². The number of pyridine rings is 1. The van der Waals surface area contributed by atoms with Gasteiger partial charge < -0.3 is 24.3 Å². The Morgan fingerprint density at radius 2 is 1.84 bits per heavy atom. The maximum Gasteiger partial charge on any atom is 0.457 e. The number of anilines is 2. The third-order valence-electron chi connectivity index (χ3n) is 6.65. The van der Waals surface area contributed by atoms with Gasteiger partial charge in [0.05, 0.1) is 24.6 Å². The predicted molar refractivity (Wildman–Crippen MR) is 128 cm³/mol. The molecule has 3 aromatic rings. The van der Waals surface area contributed by atoms with Gasteiger partial charge in [-0.3, -0.25) is 0 Å². The number of carbonyl (C=O) groups is 1. The Morgan fingerprint density at radius 3 is 2.55 bits per heavy atom. The van der Waals surface area contributed by atoms with E-state index in [2.05, 4.69) is 15.2 Å². The van der Waals surface area contributed by atoms with E-state index < -0.39 is 42.6 Å². The number of hydrogen-bond acceptors (Lipinski definition) is 4. The minimum atomic E-state index is -5.78. The highest BCUT2D eigenvalue weighted by Crippen LogP contribution is 2.42. The minimum absolute atomic E-state index is 0.231. The van der Waals surface area contributed by atoms with E-state index in [0.717, 1.165) is 16.2 Å². The van der Waals surface area contributed by atoms with Crippen LogP contribution in [-0.4, -0.2) is 71.8 Å². The average Bonchev–Trinajstić information content (AvgIpc) is 3.55. The highest BCUT2D eigenvalue weighted by molar-refractivity contribution is 5.91. The number of fused-ring (bicyclic) bond motifs is 1. The molecule has 0 bridgehead atoms. The van der Waals surface area contributed by atoms with Gasteiger partial charge in [0.1, 0.15) is 5.82 Å². The maximum atomic E-state index is 14.8. The molecule has 2 amide bonds. The Labute approximate surface area is 213 Å². The van der Waals surface area contributed by atoms with Gasteiger partial charge >= 0.3 is 18.1 Å². The monoisotopic (exact) mass is 539 g/mol. The van der Waals surface area contributed by atoms with E-state index in [1.54, 1.807) is 19.3 Å². The molecule has 4 heterocycles. The van der Waals surface area contributed by atoms with Crippen molar-refractivity contribution >= 4 is 23.1 Å². The molecule has 38 heavy (non-hydrogen) atoms. The van der Waals surface area contributed by atoms with E-state index in [0.29, 0.717) is 49.1 Å². The van der Waals surface area contributed by atoms with Crippen LogP contribution in [0.1, 0.15) is 5.56 Å². The van der Waals surface area contributed by atoms with E-state index in [9.17, 15) is 31.1 Å². The van der Waals surface area contributed by atoms with Gasteiger partial charge in [0.2, 0.25) is 0 Å². The molecule has 7 nitrogen and oxygen atoms in total. The number of rotatable bonds is 4. The smallest absolute Gasteiger partial charge is 0.378 e. The Morgan fingerprint density at radius 1 is 1.11 bits per heavy atom. The quantitative estimate of drug-likeness (QED) is 0.363. The number of ether oxygens (including phenoxy) is 1. The Balaban J connectivity index is 1.41. The van der Waals surface area contributed by atoms with Crippen LogP contribution < -0.4 is 10.2 Å². The number of imidazole rings is 1. The summed E-state index contributed by atoms with van der Waals surface area (Å²) < 4.78 is 87.6. The molecule has 1 saturated heterocycles. The lowest BCUT2D eigenvalue weighted by Crippen LogP contribution is -2.41. The van der Waals surface area contributed by atoms with Crippen molar-refractivity contribution in [1.82, 2.24) is 14.3 Å². The summed E-state index contributed by atoms with van der Waals surface area (Å²) in [5.41, 5.74) is 2.00. The molecule has 2 aromatic heterocycles. The van der Waals surface area contributed by atoms with Gasteiger partial charge in [-0.05, 0) is 36.2 Å². The van der Waals surface area contributed by atoms with E-state index in [1.807, 2.05) is 16.7 Å². The number of nitrogens with zero attached hydrogens (tertiary/aromatic N) is 4. The first-order valence-corrected chi connectivity index (χ1v) is 11.8. The molecule has 5 rings (SSSR count). The highest BCUT2D eigenvalue weighted by Gasteiger charge is 2.60. The molecular formula is C25H23F6N5O2. The van der Waals surface area contributed by atoms with Crippen molar-refractivity contribution in [3.05, 3.63) is 59.8 Å². The molecule has 0 radical (unpaired) electrons. The fourth-order valence-electron chi connectivity index (χ4n) is 4.59. The topological polar surface area (TPSA) is 62.1 Å². The number of hydrogen-bond donors (Lipinski definition) is 1. The number of nitrogens with one attached hydrogen (secondary N) is 1. The Kier molecular flexibility index (Phi) is 6.49. The highest BCUT2D eigenvalue weighted by atomic mass is 19.4. The van der Waals surface area contributed by atoms with Crippen LogP contribution >= 0.6 is 0 Å². The molecule has 2 aliphatic heterocycles. The van der Waals surface area contributed by atoms with E-state index in [-0.39, 0.29) is 5.69 Å². The first kappa shape index (κ1) is 25.9. The van der Waals surface area contributed by atoms with Gasteiger partial charge in [0.15, 0.2) is 5.65 Å². The van der Waals surface area contributed by atoms with E-state index in [1.165, 1.54) is 12.1 Å². The largest absolute Gasteiger partial charge is 0.457 e.